The van der Waals surface area contributed by atoms with Gasteiger partial charge in [0.05, 0.1) is 9.44 Å². The summed E-state index contributed by atoms with van der Waals surface area (Å²) in [4.78, 5) is 0. The second-order valence-electron chi connectivity index (χ2n) is 6.11. The van der Waals surface area contributed by atoms with Gasteiger partial charge in [0.25, 0.3) is 0 Å². The molecule has 2 rings (SSSR count). The molecule has 0 N–H and O–H groups in total. The Balaban J connectivity index is 2.58. The highest BCUT2D eigenvalue weighted by Gasteiger charge is 2.21. The highest BCUT2D eigenvalue weighted by molar-refractivity contribution is 6.88. The zero-order chi connectivity index (χ0) is 17.6. The molecule has 0 bridgehead atoms. The molecule has 0 amide bonds. The van der Waals surface area contributed by atoms with Gasteiger partial charge in [0.2, 0.25) is 5.69 Å². The van der Waals surface area contributed by atoms with Gasteiger partial charge < -0.3 is 0 Å². The Morgan fingerprint density at radius 2 is 1.95 bits per heavy atom. The zero-order valence-electron chi connectivity index (χ0n) is 16.3. The van der Waals surface area contributed by atoms with Gasteiger partial charge in [-0.15, -0.1) is 0 Å². The van der Waals surface area contributed by atoms with E-state index in [1.807, 2.05) is 30.7 Å². The fraction of sp³-hybridized carbons (Fsp3) is 0.353. The van der Waals surface area contributed by atoms with Gasteiger partial charge >= 0.3 is 0 Å². The van der Waals surface area contributed by atoms with Crippen LogP contribution in [0.4, 0.5) is 0 Å². The van der Waals surface area contributed by atoms with Gasteiger partial charge in [-0.05, 0) is 25.4 Å². The van der Waals surface area contributed by atoms with Crippen LogP contribution in [0.25, 0.3) is 11.3 Å². The Kier molecular flexibility index (Phi) is 2.46. The summed E-state index contributed by atoms with van der Waals surface area (Å²) in [5.74, 6) is 0. The standard InChI is InChI=1S/C17H24NSi/c1-13-7-9-16(14(2)11-13)17-10-8-15(12-18(17)3)19(4,5)6/h7-12H,1-6H3/q+1/i1D3,8D. The first-order valence-electron chi connectivity index (χ1n) is 8.53. The summed E-state index contributed by atoms with van der Waals surface area (Å²) in [6.45, 7) is 6.53. The fourth-order valence-electron chi connectivity index (χ4n) is 2.18. The van der Waals surface area contributed by atoms with Gasteiger partial charge in [-0.2, -0.15) is 0 Å². The van der Waals surface area contributed by atoms with Crippen molar-refractivity contribution < 1.29 is 10.1 Å². The van der Waals surface area contributed by atoms with Gasteiger partial charge in [0.15, 0.2) is 6.20 Å². The highest BCUT2D eigenvalue weighted by Crippen LogP contribution is 2.20. The number of hydrogen-bond acceptors (Lipinski definition) is 0. The largest absolute Gasteiger partial charge is 0.212 e. The fourth-order valence-corrected chi connectivity index (χ4v) is 3.26. The lowest BCUT2D eigenvalue weighted by molar-refractivity contribution is -0.659. The summed E-state index contributed by atoms with van der Waals surface area (Å²) >= 11 is 0. The maximum Gasteiger partial charge on any atom is 0.212 e. The zero-order valence-corrected chi connectivity index (χ0v) is 13.3. The molecular formula is C17H24NSi+. The van der Waals surface area contributed by atoms with E-state index in [1.165, 1.54) is 0 Å². The molecule has 2 heteroatoms. The maximum atomic E-state index is 8.36. The van der Waals surface area contributed by atoms with Crippen LogP contribution in [0.15, 0.2) is 36.5 Å². The normalized spacial score (nSPS) is 15.4. The first kappa shape index (κ1) is 9.48. The van der Waals surface area contributed by atoms with E-state index in [9.17, 15) is 0 Å². The summed E-state index contributed by atoms with van der Waals surface area (Å²) in [6.07, 6.45) is 2.06. The quantitative estimate of drug-likeness (QED) is 0.584. The Labute approximate surface area is 123 Å². The van der Waals surface area contributed by atoms with Crippen LogP contribution >= 0.6 is 0 Å². The first-order chi connectivity index (χ1) is 10.4. The van der Waals surface area contributed by atoms with Crippen molar-refractivity contribution in [2.75, 3.05) is 0 Å². The number of rotatable bonds is 2. The number of nitrogens with zero attached hydrogens (tertiary/aromatic N) is 1. The molecule has 0 radical (unpaired) electrons. The summed E-state index contributed by atoms with van der Waals surface area (Å²) in [7, 11) is 0.418. The minimum absolute atomic E-state index is 0.353. The molecule has 0 fully saturated rings. The van der Waals surface area contributed by atoms with Crippen LogP contribution in [0.1, 0.15) is 16.6 Å². The van der Waals surface area contributed by atoms with Crippen molar-refractivity contribution in [1.29, 1.82) is 0 Å². The summed E-state index contributed by atoms with van der Waals surface area (Å²) < 4.78 is 33.0. The summed E-state index contributed by atoms with van der Waals surface area (Å²) in [6, 6.07) is 7.69. The molecule has 0 saturated carbocycles. The van der Waals surface area contributed by atoms with E-state index in [2.05, 4.69) is 25.8 Å². The van der Waals surface area contributed by atoms with E-state index in [0.717, 1.165) is 22.0 Å². The van der Waals surface area contributed by atoms with Crippen LogP contribution in [0, 0.1) is 13.8 Å². The lowest BCUT2D eigenvalue weighted by Crippen LogP contribution is -2.44. The van der Waals surface area contributed by atoms with Gasteiger partial charge in [-0.1, -0.05) is 43.4 Å². The third-order valence-corrected chi connectivity index (χ3v) is 5.27. The molecule has 0 spiro atoms. The molecule has 0 aliphatic carbocycles. The average molecular weight is 274 g/mol. The van der Waals surface area contributed by atoms with Crippen LogP contribution in [0.2, 0.25) is 19.6 Å². The molecule has 2 aromatic rings. The van der Waals surface area contributed by atoms with E-state index in [-0.39, 0.29) is 0 Å². The molecule has 1 aromatic heterocycles. The van der Waals surface area contributed by atoms with Crippen molar-refractivity contribution in [1.82, 2.24) is 0 Å². The van der Waals surface area contributed by atoms with Crippen LogP contribution in [0.3, 0.4) is 0 Å². The minimum atomic E-state index is -2.09. The monoisotopic (exact) mass is 274 g/mol. The number of aryl methyl sites for hydroxylation is 3. The third kappa shape index (κ3) is 2.95. The van der Waals surface area contributed by atoms with Crippen LogP contribution in [0.5, 0.6) is 0 Å². The molecule has 1 heterocycles. The van der Waals surface area contributed by atoms with Crippen LogP contribution in [-0.2, 0) is 7.05 Å². The molecule has 0 aliphatic heterocycles. The van der Waals surface area contributed by atoms with E-state index in [4.69, 9.17) is 5.48 Å². The smallest absolute Gasteiger partial charge is 0.201 e. The van der Waals surface area contributed by atoms with Gasteiger partial charge in [-0.25, -0.2) is 4.57 Å². The van der Waals surface area contributed by atoms with Gasteiger partial charge in [-0.3, -0.25) is 0 Å². The van der Waals surface area contributed by atoms with E-state index in [0.29, 0.717) is 11.6 Å². The van der Waals surface area contributed by atoms with Crippen LogP contribution < -0.4 is 9.75 Å². The van der Waals surface area contributed by atoms with Crippen molar-refractivity contribution in [2.24, 2.45) is 7.05 Å². The molecule has 0 unspecified atom stereocenters. The van der Waals surface area contributed by atoms with Crippen molar-refractivity contribution in [3.05, 3.63) is 47.6 Å². The SMILES string of the molecule is [2H]c1cc(-c2ccc(C([2H])([2H])[2H])cc2C)[n+](C)cc1[Si](C)(C)C. The molecule has 0 aliphatic rings. The molecule has 19 heavy (non-hydrogen) atoms. The molecule has 1 aromatic carbocycles. The number of hydrogen-bond donors (Lipinski definition) is 0. The molecule has 0 atom stereocenters. The molecule has 100 valence electrons. The predicted octanol–water partition coefficient (Wildman–Crippen LogP) is 3.34. The third-order valence-electron chi connectivity index (χ3n) is 3.38. The van der Waals surface area contributed by atoms with Gasteiger partial charge in [0, 0.05) is 20.9 Å². The van der Waals surface area contributed by atoms with Crippen molar-refractivity contribution in [3.63, 3.8) is 0 Å². The maximum absolute atomic E-state index is 8.36. The Hall–Kier alpha value is -1.41. The van der Waals surface area contributed by atoms with Gasteiger partial charge in [0.1, 0.15) is 7.05 Å². The minimum Gasteiger partial charge on any atom is -0.201 e. The molecular weight excluding hydrogens is 246 g/mol. The summed E-state index contributed by atoms with van der Waals surface area (Å²) in [5, 5.41) is 1.13. The predicted molar refractivity (Wildman–Crippen MR) is 85.5 cm³/mol. The lowest BCUT2D eigenvalue weighted by Gasteiger charge is -2.15. The molecule has 0 saturated heterocycles. The first-order valence-corrected chi connectivity index (χ1v) is 10.0. The molecule has 1 nitrogen and oxygen atoms in total. The Bertz CT molecular complexity index is 745. The number of aromatic nitrogens is 1. The van der Waals surface area contributed by atoms with Crippen molar-refractivity contribution in [2.45, 2.75) is 33.4 Å². The van der Waals surface area contributed by atoms with E-state index in [1.54, 1.807) is 12.1 Å². The van der Waals surface area contributed by atoms with E-state index >= 15 is 0 Å². The Morgan fingerprint density at radius 3 is 2.53 bits per heavy atom. The lowest BCUT2D eigenvalue weighted by atomic mass is 10.0. The van der Waals surface area contributed by atoms with Crippen molar-refractivity contribution in [3.8, 4) is 11.3 Å². The highest BCUT2D eigenvalue weighted by atomic mass is 28.3. The topological polar surface area (TPSA) is 3.88 Å². The van der Waals surface area contributed by atoms with E-state index < -0.39 is 14.9 Å². The van der Waals surface area contributed by atoms with Crippen molar-refractivity contribution >= 4 is 13.3 Å². The second kappa shape index (κ2) is 4.93. The number of benzene rings is 1. The average Bonchev–Trinajstić information content (AvgIpc) is 2.39. The number of pyridine rings is 1. The second-order valence-corrected chi connectivity index (χ2v) is 11.1. The van der Waals surface area contributed by atoms with Crippen LogP contribution in [-0.4, -0.2) is 8.07 Å². The summed E-state index contributed by atoms with van der Waals surface area (Å²) in [5.41, 5.74) is 3.17. The Morgan fingerprint density at radius 1 is 1.21 bits per heavy atom.